The molecule has 1 aromatic carbocycles. The summed E-state index contributed by atoms with van der Waals surface area (Å²) in [6.07, 6.45) is 2.54. The summed E-state index contributed by atoms with van der Waals surface area (Å²) in [6.45, 7) is 1.11. The number of benzene rings is 1. The zero-order valence-electron chi connectivity index (χ0n) is 11.7. The summed E-state index contributed by atoms with van der Waals surface area (Å²) < 4.78 is 70.5. The Labute approximate surface area is 121 Å². The minimum absolute atomic E-state index is 0.130. The van der Waals surface area contributed by atoms with E-state index in [1.54, 1.807) is 6.07 Å². The quantitative estimate of drug-likeness (QED) is 0.588. The molecule has 0 aliphatic heterocycles. The van der Waals surface area contributed by atoms with Gasteiger partial charge in [0.2, 0.25) is 0 Å². The standard InChI is InChI=1S/C14H19F5OS/c1-14(11-21(15,16,17,18)19,12-7-3-2-4-8-12)20-13-9-5-6-10-13/h2-4,7-8,13H,5-6,9-11H2,1H3. The second-order valence-corrected chi connectivity index (χ2v) is 8.44. The molecule has 1 aromatic rings. The normalized spacial score (nSPS) is 23.3. The van der Waals surface area contributed by atoms with Gasteiger partial charge in [-0.3, -0.25) is 0 Å². The second-order valence-electron chi connectivity index (χ2n) is 5.89. The Kier molecular flexibility index (Phi) is 3.61. The molecule has 2 rings (SSSR count). The Balaban J connectivity index is 2.35. The van der Waals surface area contributed by atoms with Crippen LogP contribution in [0.15, 0.2) is 30.3 Å². The van der Waals surface area contributed by atoms with E-state index in [1.165, 1.54) is 24.3 Å². The van der Waals surface area contributed by atoms with Gasteiger partial charge in [-0.1, -0.05) is 62.6 Å². The fourth-order valence-electron chi connectivity index (χ4n) is 2.87. The molecule has 1 saturated carbocycles. The summed E-state index contributed by atoms with van der Waals surface area (Å²) in [5.74, 6) is -2.23. The molecule has 0 saturated heterocycles. The van der Waals surface area contributed by atoms with Crippen LogP contribution in [0.2, 0.25) is 0 Å². The van der Waals surface area contributed by atoms with Crippen LogP contribution in [-0.2, 0) is 10.3 Å². The number of rotatable bonds is 5. The van der Waals surface area contributed by atoms with Crippen LogP contribution in [0.4, 0.5) is 19.4 Å². The minimum atomic E-state index is -9.58. The maximum atomic E-state index is 13.0. The van der Waals surface area contributed by atoms with Gasteiger partial charge in [-0.2, -0.15) is 0 Å². The molecule has 0 heterocycles. The molecule has 21 heavy (non-hydrogen) atoms. The van der Waals surface area contributed by atoms with Crippen LogP contribution in [0.5, 0.6) is 0 Å². The highest BCUT2D eigenvalue weighted by molar-refractivity contribution is 8.45. The molecule has 0 amide bonds. The summed E-state index contributed by atoms with van der Waals surface area (Å²) in [7, 11) is -9.58. The molecule has 1 nitrogen and oxygen atoms in total. The number of hydrogen-bond donors (Lipinski definition) is 0. The highest BCUT2D eigenvalue weighted by Gasteiger charge is 2.67. The molecule has 7 heteroatoms. The van der Waals surface area contributed by atoms with E-state index in [9.17, 15) is 19.4 Å². The third kappa shape index (κ3) is 5.14. The molecule has 0 radical (unpaired) electrons. The van der Waals surface area contributed by atoms with Gasteiger partial charge in [0.1, 0.15) is 11.4 Å². The van der Waals surface area contributed by atoms with E-state index < -0.39 is 27.7 Å². The molecule has 0 N–H and O–H groups in total. The first-order chi connectivity index (χ1) is 9.37. The highest BCUT2D eigenvalue weighted by Crippen LogP contribution is 2.98. The van der Waals surface area contributed by atoms with Crippen molar-refractivity contribution in [2.45, 2.75) is 44.3 Å². The fourth-order valence-corrected chi connectivity index (χ4v) is 4.15. The molecular weight excluding hydrogens is 311 g/mol. The van der Waals surface area contributed by atoms with Crippen molar-refractivity contribution in [2.24, 2.45) is 0 Å². The lowest BCUT2D eigenvalue weighted by Gasteiger charge is -2.47. The summed E-state index contributed by atoms with van der Waals surface area (Å²) in [5.41, 5.74) is -1.93. The van der Waals surface area contributed by atoms with Crippen molar-refractivity contribution in [2.75, 3.05) is 5.75 Å². The van der Waals surface area contributed by atoms with Crippen molar-refractivity contribution in [1.82, 2.24) is 0 Å². The summed E-state index contributed by atoms with van der Waals surface area (Å²) in [5, 5.41) is 0. The van der Waals surface area contributed by atoms with E-state index in [4.69, 9.17) is 4.74 Å². The van der Waals surface area contributed by atoms with Crippen LogP contribution >= 0.6 is 10.2 Å². The Morgan fingerprint density at radius 1 is 1.05 bits per heavy atom. The maximum absolute atomic E-state index is 13.0. The van der Waals surface area contributed by atoms with Gasteiger partial charge in [0, 0.05) is 0 Å². The average Bonchev–Trinajstić information content (AvgIpc) is 2.78. The zero-order valence-corrected chi connectivity index (χ0v) is 12.5. The summed E-state index contributed by atoms with van der Waals surface area (Å²) in [6, 6.07) is 7.48. The second kappa shape index (κ2) is 4.59. The van der Waals surface area contributed by atoms with Gasteiger partial charge < -0.3 is 4.74 Å². The van der Waals surface area contributed by atoms with Crippen LogP contribution in [0.1, 0.15) is 38.2 Å². The van der Waals surface area contributed by atoms with Crippen molar-refractivity contribution in [3.63, 3.8) is 0 Å². The molecule has 1 aliphatic rings. The lowest BCUT2D eigenvalue weighted by Crippen LogP contribution is -2.38. The number of hydrogen-bond acceptors (Lipinski definition) is 1. The minimum Gasteiger partial charge on any atom is -0.366 e. The van der Waals surface area contributed by atoms with E-state index in [-0.39, 0.29) is 5.56 Å². The first kappa shape index (κ1) is 16.5. The van der Waals surface area contributed by atoms with E-state index in [2.05, 4.69) is 0 Å². The van der Waals surface area contributed by atoms with E-state index in [0.717, 1.165) is 19.8 Å². The molecule has 0 aromatic heterocycles. The predicted octanol–water partition coefficient (Wildman–Crippen LogP) is 6.16. The lowest BCUT2D eigenvalue weighted by atomic mass is 9.97. The first-order valence-electron chi connectivity index (χ1n) is 6.83. The smallest absolute Gasteiger partial charge is 0.288 e. The Bertz CT molecular complexity index is 495. The zero-order chi connectivity index (χ0) is 15.8. The van der Waals surface area contributed by atoms with Crippen molar-refractivity contribution in [1.29, 1.82) is 0 Å². The van der Waals surface area contributed by atoms with Crippen molar-refractivity contribution in [3.8, 4) is 0 Å². The van der Waals surface area contributed by atoms with Gasteiger partial charge in [-0.25, -0.2) is 0 Å². The maximum Gasteiger partial charge on any atom is 0.288 e. The topological polar surface area (TPSA) is 9.23 Å². The summed E-state index contributed by atoms with van der Waals surface area (Å²) >= 11 is 0. The van der Waals surface area contributed by atoms with Crippen LogP contribution in [0, 0.1) is 0 Å². The number of ether oxygens (including phenoxy) is 1. The fraction of sp³-hybridized carbons (Fsp3) is 0.571. The van der Waals surface area contributed by atoms with Crippen molar-refractivity contribution >= 4 is 10.2 Å². The highest BCUT2D eigenvalue weighted by atomic mass is 32.5. The largest absolute Gasteiger partial charge is 0.366 e. The predicted molar refractivity (Wildman–Crippen MR) is 75.1 cm³/mol. The third-order valence-electron chi connectivity index (χ3n) is 3.66. The lowest BCUT2D eigenvalue weighted by molar-refractivity contribution is -0.0737. The average molecular weight is 330 g/mol. The van der Waals surface area contributed by atoms with Gasteiger partial charge in [0.15, 0.2) is 0 Å². The van der Waals surface area contributed by atoms with Gasteiger partial charge in [-0.05, 0) is 25.3 Å². The third-order valence-corrected chi connectivity index (χ3v) is 4.76. The molecule has 1 aliphatic carbocycles. The van der Waals surface area contributed by atoms with E-state index in [0.29, 0.717) is 12.8 Å². The van der Waals surface area contributed by atoms with Gasteiger partial charge in [0.25, 0.3) is 10.2 Å². The molecular formula is C14H19F5OS. The molecule has 0 bridgehead atoms. The van der Waals surface area contributed by atoms with Crippen LogP contribution in [0.3, 0.4) is 0 Å². The molecule has 122 valence electrons. The Morgan fingerprint density at radius 3 is 2.05 bits per heavy atom. The van der Waals surface area contributed by atoms with Crippen molar-refractivity contribution in [3.05, 3.63) is 35.9 Å². The molecule has 1 unspecified atom stereocenters. The Hall–Kier alpha value is -0.820. The van der Waals surface area contributed by atoms with Gasteiger partial charge in [0.05, 0.1) is 6.10 Å². The SMILES string of the molecule is CC(CS(F)(F)(F)(F)F)(OC1CCCC1)c1ccccc1. The van der Waals surface area contributed by atoms with Crippen LogP contribution < -0.4 is 0 Å². The van der Waals surface area contributed by atoms with Crippen LogP contribution in [0.25, 0.3) is 0 Å². The van der Waals surface area contributed by atoms with Crippen molar-refractivity contribution < 1.29 is 24.2 Å². The monoisotopic (exact) mass is 330 g/mol. The molecule has 1 fully saturated rings. The van der Waals surface area contributed by atoms with Gasteiger partial charge >= 0.3 is 0 Å². The number of halogens is 5. The van der Waals surface area contributed by atoms with E-state index >= 15 is 0 Å². The van der Waals surface area contributed by atoms with Crippen LogP contribution in [-0.4, -0.2) is 11.9 Å². The molecule has 0 spiro atoms. The first-order valence-corrected chi connectivity index (χ1v) is 8.95. The van der Waals surface area contributed by atoms with E-state index in [1.807, 2.05) is 0 Å². The molecule has 1 atom stereocenters. The Morgan fingerprint density at radius 2 is 1.57 bits per heavy atom. The summed E-state index contributed by atoms with van der Waals surface area (Å²) in [4.78, 5) is 0. The van der Waals surface area contributed by atoms with Gasteiger partial charge in [-0.15, -0.1) is 0 Å².